The van der Waals surface area contributed by atoms with E-state index < -0.39 is 10.0 Å². The van der Waals surface area contributed by atoms with E-state index >= 15 is 0 Å². The number of piperidine rings is 1. The number of carbonyl (C=O) groups is 1. The van der Waals surface area contributed by atoms with Crippen LogP contribution in [0.15, 0.2) is 29.2 Å². The summed E-state index contributed by atoms with van der Waals surface area (Å²) in [6.07, 6.45) is 4.49. The normalized spacial score (nSPS) is 22.8. The van der Waals surface area contributed by atoms with E-state index in [0.29, 0.717) is 30.4 Å². The minimum Gasteiger partial charge on any atom is -0.302 e. The van der Waals surface area contributed by atoms with E-state index in [-0.39, 0.29) is 23.3 Å². The highest BCUT2D eigenvalue weighted by molar-refractivity contribution is 7.89. The van der Waals surface area contributed by atoms with Crippen LogP contribution in [0.25, 0.3) is 0 Å². The first-order valence-corrected chi connectivity index (χ1v) is 12.4. The maximum atomic E-state index is 13.0. The standard InChI is InChI=1S/C21H27N3O3S2/c1-14-5-8-17(9-6-14)29(26,27)24-11-3-4-16(13-24)20(25)23-21-22-18-10-7-15(2)12-19(18)28-21/h5-6,8-9,15-16H,3-4,7,10-13H2,1-2H3,(H,22,23,25). The number of aryl methyl sites for hydroxylation is 2. The summed E-state index contributed by atoms with van der Waals surface area (Å²) in [5.41, 5.74) is 2.12. The molecule has 1 aliphatic carbocycles. The van der Waals surface area contributed by atoms with Gasteiger partial charge in [-0.25, -0.2) is 13.4 Å². The molecule has 1 fully saturated rings. The fourth-order valence-corrected chi connectivity index (χ4v) is 6.73. The van der Waals surface area contributed by atoms with Gasteiger partial charge in [-0.15, -0.1) is 11.3 Å². The molecule has 0 radical (unpaired) electrons. The molecule has 0 bridgehead atoms. The molecule has 2 heterocycles. The Hall–Kier alpha value is -1.77. The third kappa shape index (κ3) is 4.39. The minimum atomic E-state index is -3.59. The van der Waals surface area contributed by atoms with Crippen LogP contribution in [0.4, 0.5) is 5.13 Å². The third-order valence-corrected chi connectivity index (χ3v) is 8.74. The van der Waals surface area contributed by atoms with E-state index in [4.69, 9.17) is 0 Å². The number of fused-ring (bicyclic) bond motifs is 1. The number of carbonyl (C=O) groups excluding carboxylic acids is 1. The van der Waals surface area contributed by atoms with E-state index in [0.717, 1.165) is 30.5 Å². The van der Waals surface area contributed by atoms with Gasteiger partial charge < -0.3 is 5.32 Å². The first-order valence-electron chi connectivity index (χ1n) is 10.2. The van der Waals surface area contributed by atoms with Crippen molar-refractivity contribution in [2.24, 2.45) is 11.8 Å². The minimum absolute atomic E-state index is 0.132. The number of nitrogens with zero attached hydrogens (tertiary/aromatic N) is 2. The maximum Gasteiger partial charge on any atom is 0.243 e. The van der Waals surface area contributed by atoms with Crippen molar-refractivity contribution >= 4 is 32.4 Å². The molecule has 0 saturated carbocycles. The second-order valence-corrected chi connectivity index (χ2v) is 11.3. The van der Waals surface area contributed by atoms with Crippen molar-refractivity contribution in [3.63, 3.8) is 0 Å². The first kappa shape index (κ1) is 20.5. The molecule has 1 aromatic carbocycles. The van der Waals surface area contributed by atoms with E-state index in [9.17, 15) is 13.2 Å². The second kappa shape index (κ2) is 8.16. The Morgan fingerprint density at radius 3 is 2.76 bits per heavy atom. The highest BCUT2D eigenvalue weighted by atomic mass is 32.2. The van der Waals surface area contributed by atoms with E-state index in [1.54, 1.807) is 35.6 Å². The number of amides is 1. The van der Waals surface area contributed by atoms with Gasteiger partial charge in [0.05, 0.1) is 16.5 Å². The van der Waals surface area contributed by atoms with Crippen molar-refractivity contribution in [3.05, 3.63) is 40.4 Å². The summed E-state index contributed by atoms with van der Waals surface area (Å²) in [6.45, 7) is 4.83. The van der Waals surface area contributed by atoms with Gasteiger partial charge in [-0.3, -0.25) is 4.79 Å². The first-order chi connectivity index (χ1) is 13.8. The molecule has 0 spiro atoms. The molecule has 1 saturated heterocycles. The molecule has 4 rings (SSSR count). The van der Waals surface area contributed by atoms with Gasteiger partial charge in [0, 0.05) is 18.0 Å². The molecule has 1 aliphatic heterocycles. The number of sulfonamides is 1. The van der Waals surface area contributed by atoms with Crippen LogP contribution in [-0.4, -0.2) is 36.7 Å². The lowest BCUT2D eigenvalue weighted by atomic mass is 9.93. The van der Waals surface area contributed by atoms with Crippen LogP contribution < -0.4 is 5.32 Å². The van der Waals surface area contributed by atoms with E-state index in [1.165, 1.54) is 9.18 Å². The summed E-state index contributed by atoms with van der Waals surface area (Å²) in [5.74, 6) is 0.169. The summed E-state index contributed by atoms with van der Waals surface area (Å²) in [4.78, 5) is 19.0. The quantitative estimate of drug-likeness (QED) is 0.799. The topological polar surface area (TPSA) is 79.4 Å². The Labute approximate surface area is 176 Å². The average Bonchev–Trinajstić information content (AvgIpc) is 3.09. The molecule has 6 nitrogen and oxygen atoms in total. The van der Waals surface area contributed by atoms with Crippen LogP contribution in [0.2, 0.25) is 0 Å². The van der Waals surface area contributed by atoms with Gasteiger partial charge in [-0.2, -0.15) is 4.31 Å². The Kier molecular flexibility index (Phi) is 5.77. The highest BCUT2D eigenvalue weighted by Gasteiger charge is 2.33. The number of nitrogens with one attached hydrogen (secondary N) is 1. The van der Waals surface area contributed by atoms with Crippen LogP contribution >= 0.6 is 11.3 Å². The van der Waals surface area contributed by atoms with Crippen LogP contribution in [0.3, 0.4) is 0 Å². The van der Waals surface area contributed by atoms with E-state index in [1.807, 2.05) is 6.92 Å². The molecule has 2 aromatic rings. The van der Waals surface area contributed by atoms with Gasteiger partial charge in [0.1, 0.15) is 0 Å². The predicted molar refractivity (Wildman–Crippen MR) is 115 cm³/mol. The molecule has 1 amide bonds. The van der Waals surface area contributed by atoms with Crippen LogP contribution in [-0.2, 0) is 27.7 Å². The monoisotopic (exact) mass is 433 g/mol. The number of anilines is 1. The molecular formula is C21H27N3O3S2. The number of rotatable bonds is 4. The number of hydrogen-bond acceptors (Lipinski definition) is 5. The molecule has 29 heavy (non-hydrogen) atoms. The zero-order valence-corrected chi connectivity index (χ0v) is 18.5. The number of benzene rings is 1. The van der Waals surface area contributed by atoms with Crippen molar-refractivity contribution in [1.29, 1.82) is 0 Å². The van der Waals surface area contributed by atoms with Crippen LogP contribution in [0.5, 0.6) is 0 Å². The summed E-state index contributed by atoms with van der Waals surface area (Å²) >= 11 is 1.56. The molecule has 1 aromatic heterocycles. The van der Waals surface area contributed by atoms with Crippen molar-refractivity contribution < 1.29 is 13.2 Å². The van der Waals surface area contributed by atoms with Crippen LogP contribution in [0.1, 0.15) is 42.3 Å². The summed E-state index contributed by atoms with van der Waals surface area (Å²) in [7, 11) is -3.59. The summed E-state index contributed by atoms with van der Waals surface area (Å²) < 4.78 is 27.4. The lowest BCUT2D eigenvalue weighted by molar-refractivity contribution is -0.120. The second-order valence-electron chi connectivity index (χ2n) is 8.24. The fourth-order valence-electron chi connectivity index (χ4n) is 4.03. The largest absolute Gasteiger partial charge is 0.302 e. The maximum absolute atomic E-state index is 13.0. The predicted octanol–water partition coefficient (Wildman–Crippen LogP) is 3.62. The lowest BCUT2D eigenvalue weighted by Gasteiger charge is -2.31. The highest BCUT2D eigenvalue weighted by Crippen LogP contribution is 2.33. The van der Waals surface area contributed by atoms with Gasteiger partial charge in [-0.1, -0.05) is 24.6 Å². The summed E-state index contributed by atoms with van der Waals surface area (Å²) in [6, 6.07) is 6.86. The molecule has 156 valence electrons. The van der Waals surface area contributed by atoms with E-state index in [2.05, 4.69) is 17.2 Å². The van der Waals surface area contributed by atoms with Crippen molar-refractivity contribution in [1.82, 2.24) is 9.29 Å². The molecule has 2 atom stereocenters. The smallest absolute Gasteiger partial charge is 0.243 e. The van der Waals surface area contributed by atoms with Crippen LogP contribution in [0, 0.1) is 18.8 Å². The van der Waals surface area contributed by atoms with Crippen molar-refractivity contribution in [2.45, 2.75) is 50.8 Å². The van der Waals surface area contributed by atoms with Crippen molar-refractivity contribution in [3.8, 4) is 0 Å². The summed E-state index contributed by atoms with van der Waals surface area (Å²) in [5, 5.41) is 3.60. The molecule has 2 unspecified atom stereocenters. The van der Waals surface area contributed by atoms with Gasteiger partial charge >= 0.3 is 0 Å². The number of hydrogen-bond donors (Lipinski definition) is 1. The Balaban J connectivity index is 1.44. The molecule has 1 N–H and O–H groups in total. The molecule has 2 aliphatic rings. The Morgan fingerprint density at radius 1 is 1.24 bits per heavy atom. The van der Waals surface area contributed by atoms with Gasteiger partial charge in [-0.05, 0) is 57.1 Å². The Bertz CT molecular complexity index is 999. The fraction of sp³-hybridized carbons (Fsp3) is 0.524. The third-order valence-electron chi connectivity index (χ3n) is 5.83. The number of aromatic nitrogens is 1. The SMILES string of the molecule is Cc1ccc(S(=O)(=O)N2CCCC(C(=O)Nc3nc4c(s3)CC(C)CC4)C2)cc1. The van der Waals surface area contributed by atoms with Gasteiger partial charge in [0.15, 0.2) is 5.13 Å². The van der Waals surface area contributed by atoms with Gasteiger partial charge in [0.25, 0.3) is 0 Å². The zero-order valence-electron chi connectivity index (χ0n) is 16.8. The van der Waals surface area contributed by atoms with Gasteiger partial charge in [0.2, 0.25) is 15.9 Å². The number of thiazole rings is 1. The van der Waals surface area contributed by atoms with Crippen molar-refractivity contribution in [2.75, 3.05) is 18.4 Å². The zero-order chi connectivity index (χ0) is 20.6. The lowest BCUT2D eigenvalue weighted by Crippen LogP contribution is -2.43. The average molecular weight is 434 g/mol. The Morgan fingerprint density at radius 2 is 2.00 bits per heavy atom. The molecular weight excluding hydrogens is 406 g/mol. The molecule has 8 heteroatoms.